The first kappa shape index (κ1) is 20.4. The van der Waals surface area contributed by atoms with Crippen molar-refractivity contribution in [2.45, 2.75) is 4.90 Å². The third-order valence-corrected chi connectivity index (χ3v) is 6.15. The van der Waals surface area contributed by atoms with Crippen LogP contribution in [0.3, 0.4) is 0 Å². The highest BCUT2D eigenvalue weighted by molar-refractivity contribution is 7.99. The molecule has 0 bridgehead atoms. The number of H-pyrrole nitrogens is 1. The minimum atomic E-state index is -0.134. The Balaban J connectivity index is 1.49. The maximum absolute atomic E-state index is 12.5. The van der Waals surface area contributed by atoms with Crippen LogP contribution in [0.2, 0.25) is 5.02 Å². The molecule has 0 spiro atoms. The number of para-hydroxylation sites is 2. The van der Waals surface area contributed by atoms with Gasteiger partial charge in [-0.15, -0.1) is 11.8 Å². The number of methoxy groups -OCH3 is 1. The summed E-state index contributed by atoms with van der Waals surface area (Å²) in [4.78, 5) is 17.2. The monoisotopic (exact) mass is 436 g/mol. The van der Waals surface area contributed by atoms with E-state index in [4.69, 9.17) is 16.3 Å². The number of nitrogens with one attached hydrogen (secondary N) is 2. The predicted octanol–water partition coefficient (Wildman–Crippen LogP) is 6.02. The van der Waals surface area contributed by atoms with Crippen LogP contribution >= 0.6 is 23.4 Å². The zero-order valence-corrected chi connectivity index (χ0v) is 18.0. The van der Waals surface area contributed by atoms with E-state index >= 15 is 0 Å². The van der Waals surface area contributed by atoms with Crippen molar-refractivity contribution < 1.29 is 9.53 Å². The van der Waals surface area contributed by atoms with Gasteiger partial charge in [-0.25, -0.2) is 0 Å². The number of rotatable bonds is 7. The van der Waals surface area contributed by atoms with Crippen LogP contribution in [0.1, 0.15) is 10.4 Å². The first-order chi connectivity index (χ1) is 14.7. The van der Waals surface area contributed by atoms with Gasteiger partial charge in [0.25, 0.3) is 5.91 Å². The highest BCUT2D eigenvalue weighted by Gasteiger charge is 2.14. The minimum absolute atomic E-state index is 0.134. The molecule has 30 heavy (non-hydrogen) atoms. The zero-order valence-electron chi connectivity index (χ0n) is 16.4. The van der Waals surface area contributed by atoms with Crippen molar-refractivity contribution in [1.29, 1.82) is 0 Å². The lowest BCUT2D eigenvalue weighted by Crippen LogP contribution is -2.26. The number of aromatic nitrogens is 1. The van der Waals surface area contributed by atoms with Gasteiger partial charge in [0.1, 0.15) is 5.75 Å². The number of thioether (sulfide) groups is 1. The molecule has 0 radical (unpaired) electrons. The smallest absolute Gasteiger partial charge is 0.255 e. The molecule has 4 rings (SSSR count). The molecule has 0 fully saturated rings. The van der Waals surface area contributed by atoms with E-state index in [0.717, 1.165) is 22.5 Å². The molecule has 1 heterocycles. The number of fused-ring (bicyclic) bond motifs is 1. The van der Waals surface area contributed by atoms with Crippen molar-refractivity contribution in [2.24, 2.45) is 0 Å². The lowest BCUT2D eigenvalue weighted by molar-refractivity contribution is 0.0953. The Morgan fingerprint density at radius 3 is 2.57 bits per heavy atom. The number of hydrogen-bond acceptors (Lipinski definition) is 3. The number of hydrogen-bond donors (Lipinski definition) is 2. The Kier molecular flexibility index (Phi) is 6.31. The molecule has 4 nitrogen and oxygen atoms in total. The Hall–Kier alpha value is -2.89. The molecule has 1 amide bonds. The maximum atomic E-state index is 12.5. The topological polar surface area (TPSA) is 54.1 Å². The van der Waals surface area contributed by atoms with E-state index in [-0.39, 0.29) is 5.91 Å². The van der Waals surface area contributed by atoms with E-state index in [1.165, 1.54) is 10.3 Å². The molecule has 0 aliphatic heterocycles. The van der Waals surface area contributed by atoms with Gasteiger partial charge >= 0.3 is 0 Å². The molecule has 4 aromatic rings. The van der Waals surface area contributed by atoms with Crippen LogP contribution in [-0.4, -0.2) is 30.3 Å². The highest BCUT2D eigenvalue weighted by atomic mass is 35.5. The van der Waals surface area contributed by atoms with E-state index in [2.05, 4.69) is 22.4 Å². The average Bonchev–Trinajstić information content (AvgIpc) is 3.15. The van der Waals surface area contributed by atoms with Gasteiger partial charge in [0.05, 0.1) is 18.4 Å². The van der Waals surface area contributed by atoms with Gasteiger partial charge in [-0.1, -0.05) is 54.1 Å². The van der Waals surface area contributed by atoms with Crippen molar-refractivity contribution in [3.63, 3.8) is 0 Å². The first-order valence-corrected chi connectivity index (χ1v) is 10.9. The molecule has 152 valence electrons. The van der Waals surface area contributed by atoms with Gasteiger partial charge in [-0.3, -0.25) is 4.79 Å². The van der Waals surface area contributed by atoms with Gasteiger partial charge in [-0.2, -0.15) is 0 Å². The molecule has 0 saturated carbocycles. The summed E-state index contributed by atoms with van der Waals surface area (Å²) < 4.78 is 5.27. The van der Waals surface area contributed by atoms with E-state index in [0.29, 0.717) is 22.9 Å². The van der Waals surface area contributed by atoms with Crippen LogP contribution in [0.15, 0.2) is 77.7 Å². The van der Waals surface area contributed by atoms with Crippen molar-refractivity contribution >= 4 is 40.2 Å². The van der Waals surface area contributed by atoms with E-state index in [9.17, 15) is 4.79 Å². The summed E-state index contributed by atoms with van der Waals surface area (Å²) in [7, 11) is 1.57. The van der Waals surface area contributed by atoms with Crippen LogP contribution in [0.5, 0.6) is 5.75 Å². The van der Waals surface area contributed by atoms with E-state index in [1.54, 1.807) is 31.0 Å². The fourth-order valence-electron chi connectivity index (χ4n) is 3.33. The van der Waals surface area contributed by atoms with Gasteiger partial charge in [0.2, 0.25) is 0 Å². The van der Waals surface area contributed by atoms with Crippen molar-refractivity contribution in [1.82, 2.24) is 10.3 Å². The third kappa shape index (κ3) is 4.32. The van der Waals surface area contributed by atoms with Crippen molar-refractivity contribution in [3.8, 4) is 17.0 Å². The molecule has 0 atom stereocenters. The van der Waals surface area contributed by atoms with Gasteiger partial charge < -0.3 is 15.0 Å². The second kappa shape index (κ2) is 9.28. The highest BCUT2D eigenvalue weighted by Crippen LogP contribution is 2.37. The molecule has 0 saturated heterocycles. The van der Waals surface area contributed by atoms with E-state index < -0.39 is 0 Å². The predicted molar refractivity (Wildman–Crippen MR) is 125 cm³/mol. The number of halogens is 1. The first-order valence-electron chi connectivity index (χ1n) is 9.58. The SMILES string of the molecule is COc1ccccc1C(=O)NCCSc1c(-c2ccc(Cl)cc2)[nH]c2ccccc12. The third-order valence-electron chi connectivity index (χ3n) is 4.78. The molecule has 1 aromatic heterocycles. The summed E-state index contributed by atoms with van der Waals surface area (Å²) in [6, 6.07) is 23.3. The Bertz CT molecular complexity index is 1170. The number of carbonyl (C=O) groups excluding carboxylic acids is 1. The quantitative estimate of drug-likeness (QED) is 0.275. The zero-order chi connectivity index (χ0) is 20.9. The number of carbonyl (C=O) groups is 1. The van der Waals surface area contributed by atoms with Crippen LogP contribution in [0.25, 0.3) is 22.2 Å². The average molecular weight is 437 g/mol. The summed E-state index contributed by atoms with van der Waals surface area (Å²) >= 11 is 7.78. The van der Waals surface area contributed by atoms with Crippen LogP contribution in [0.4, 0.5) is 0 Å². The molecule has 2 N–H and O–H groups in total. The second-order valence-electron chi connectivity index (χ2n) is 6.69. The maximum Gasteiger partial charge on any atom is 0.255 e. The summed E-state index contributed by atoms with van der Waals surface area (Å²) in [6.45, 7) is 0.543. The normalized spacial score (nSPS) is 10.9. The molecular weight excluding hydrogens is 416 g/mol. The summed E-state index contributed by atoms with van der Waals surface area (Å²) in [5, 5.41) is 4.86. The molecule has 0 unspecified atom stereocenters. The molecule has 6 heteroatoms. The van der Waals surface area contributed by atoms with Crippen molar-refractivity contribution in [2.75, 3.05) is 19.4 Å². The lowest BCUT2D eigenvalue weighted by atomic mass is 10.1. The van der Waals surface area contributed by atoms with Gasteiger partial charge in [-0.05, 0) is 35.9 Å². The summed E-state index contributed by atoms with van der Waals surface area (Å²) in [5.74, 6) is 1.18. The number of amides is 1. The van der Waals surface area contributed by atoms with Crippen molar-refractivity contribution in [3.05, 3.63) is 83.4 Å². The molecular formula is C24H21ClN2O2S. The van der Waals surface area contributed by atoms with Gasteiger partial charge in [0.15, 0.2) is 0 Å². The molecule has 0 aliphatic rings. The molecule has 3 aromatic carbocycles. The Morgan fingerprint density at radius 2 is 1.77 bits per heavy atom. The fraction of sp³-hybridized carbons (Fsp3) is 0.125. The fourth-order valence-corrected chi connectivity index (χ4v) is 4.51. The molecule has 0 aliphatic carbocycles. The Labute approximate surface area is 184 Å². The lowest BCUT2D eigenvalue weighted by Gasteiger charge is -2.09. The minimum Gasteiger partial charge on any atom is -0.496 e. The van der Waals surface area contributed by atoms with Crippen LogP contribution in [0, 0.1) is 0 Å². The van der Waals surface area contributed by atoms with Gasteiger partial charge in [0, 0.05) is 33.1 Å². The largest absolute Gasteiger partial charge is 0.496 e. The van der Waals surface area contributed by atoms with E-state index in [1.807, 2.05) is 48.5 Å². The number of benzene rings is 3. The van der Waals surface area contributed by atoms with Crippen LogP contribution < -0.4 is 10.1 Å². The summed E-state index contributed by atoms with van der Waals surface area (Å²) in [5.41, 5.74) is 3.77. The number of ether oxygens (including phenoxy) is 1. The standard InChI is InChI=1S/C24H21ClN2O2S/c1-29-21-9-5-3-7-19(21)24(28)26-14-15-30-23-18-6-2-4-8-20(18)27-22(23)16-10-12-17(25)13-11-16/h2-13,27H,14-15H2,1H3,(H,26,28). The number of aromatic amines is 1. The summed E-state index contributed by atoms with van der Waals surface area (Å²) in [6.07, 6.45) is 0. The second-order valence-corrected chi connectivity index (χ2v) is 8.23. The Morgan fingerprint density at radius 1 is 1.03 bits per heavy atom. The van der Waals surface area contributed by atoms with Crippen LogP contribution in [-0.2, 0) is 0 Å².